The van der Waals surface area contributed by atoms with Gasteiger partial charge in [0.05, 0.1) is 25.4 Å². The molecule has 1 aliphatic heterocycles. The summed E-state index contributed by atoms with van der Waals surface area (Å²) in [7, 11) is 0. The molecule has 10 heteroatoms. The smallest absolute Gasteiger partial charge is 0.249 e. The minimum atomic E-state index is -1.61. The summed E-state index contributed by atoms with van der Waals surface area (Å²) in [5.41, 5.74) is 0. The van der Waals surface area contributed by atoms with Crippen LogP contribution in [-0.4, -0.2) is 98.7 Å². The highest BCUT2D eigenvalue weighted by molar-refractivity contribution is 5.80. The molecular weight excluding hydrogens is 711 g/mol. The van der Waals surface area contributed by atoms with Gasteiger partial charge in [-0.25, -0.2) is 0 Å². The van der Waals surface area contributed by atoms with Crippen molar-refractivity contribution in [1.29, 1.82) is 0 Å². The molecule has 8 atom stereocenters. The highest BCUT2D eigenvalue weighted by Gasteiger charge is 2.44. The van der Waals surface area contributed by atoms with Crippen molar-refractivity contribution in [2.24, 2.45) is 0 Å². The van der Waals surface area contributed by atoms with Gasteiger partial charge < -0.3 is 45.4 Å². The molecule has 1 rings (SSSR count). The van der Waals surface area contributed by atoms with Crippen molar-refractivity contribution in [3.05, 3.63) is 12.2 Å². The molecule has 10 nitrogen and oxygen atoms in total. The van der Waals surface area contributed by atoms with Crippen LogP contribution in [0.4, 0.5) is 0 Å². The molecule has 0 aromatic heterocycles. The Kier molecular flexibility index (Phi) is 34.9. The average molecular weight is 800 g/mol. The molecule has 0 spiro atoms. The minimum absolute atomic E-state index is 0.301. The topological polar surface area (TPSA) is 169 Å². The Labute approximate surface area is 342 Å². The molecular formula is C46H89NO9. The van der Waals surface area contributed by atoms with E-state index in [4.69, 9.17) is 9.47 Å². The van der Waals surface area contributed by atoms with E-state index in [0.29, 0.717) is 6.42 Å². The number of amides is 1. The number of allylic oxidation sites excluding steroid dienone is 1. The number of hydrogen-bond acceptors (Lipinski definition) is 9. The number of nitrogens with one attached hydrogen (secondary N) is 1. The van der Waals surface area contributed by atoms with Crippen LogP contribution in [0.15, 0.2) is 12.2 Å². The van der Waals surface area contributed by atoms with Crippen molar-refractivity contribution in [3.63, 3.8) is 0 Å². The third-order valence-electron chi connectivity index (χ3n) is 11.5. The molecule has 56 heavy (non-hydrogen) atoms. The number of carbonyl (C=O) groups excluding carboxylic acids is 1. The molecule has 0 aromatic rings. The van der Waals surface area contributed by atoms with Crippen molar-refractivity contribution in [1.82, 2.24) is 5.32 Å². The molecule has 1 saturated heterocycles. The molecule has 0 aromatic carbocycles. The molecule has 0 radical (unpaired) electrons. The lowest BCUT2D eigenvalue weighted by Crippen LogP contribution is -2.60. The van der Waals surface area contributed by atoms with E-state index >= 15 is 0 Å². The van der Waals surface area contributed by atoms with E-state index in [2.05, 4.69) is 19.2 Å². The maximum atomic E-state index is 13.0. The fourth-order valence-electron chi connectivity index (χ4n) is 7.57. The molecule has 7 N–H and O–H groups in total. The first-order valence-electron chi connectivity index (χ1n) is 23.5. The first-order chi connectivity index (χ1) is 27.3. The standard InChI is InChI=1S/C46H89NO9/c1-3-5-7-9-11-13-15-17-18-19-20-21-22-23-25-27-29-31-33-35-40(50)45(54)47-38(37-55-46-44(53)43(52)42(51)41(36-48)56-46)39(49)34-32-30-28-26-24-16-14-12-10-8-6-4-2/h32,34,38-44,46,48-53H,3-31,33,35-37H2,1-2H3,(H,47,54)/b34-32+. The number of unbranched alkanes of at least 4 members (excludes halogenated alkanes) is 28. The predicted octanol–water partition coefficient (Wildman–Crippen LogP) is 8.70. The van der Waals surface area contributed by atoms with Gasteiger partial charge in [-0.1, -0.05) is 206 Å². The van der Waals surface area contributed by atoms with Gasteiger partial charge in [0, 0.05) is 0 Å². The van der Waals surface area contributed by atoms with Crippen LogP contribution in [0.5, 0.6) is 0 Å². The van der Waals surface area contributed by atoms with Gasteiger partial charge in [-0.2, -0.15) is 0 Å². The first-order valence-corrected chi connectivity index (χ1v) is 23.5. The van der Waals surface area contributed by atoms with Gasteiger partial charge >= 0.3 is 0 Å². The van der Waals surface area contributed by atoms with Crippen LogP contribution < -0.4 is 5.32 Å². The highest BCUT2D eigenvalue weighted by atomic mass is 16.7. The van der Waals surface area contributed by atoms with E-state index in [1.807, 2.05) is 6.08 Å². The van der Waals surface area contributed by atoms with E-state index in [-0.39, 0.29) is 6.61 Å². The number of hydrogen-bond donors (Lipinski definition) is 7. The summed E-state index contributed by atoms with van der Waals surface area (Å²) in [6.45, 7) is 3.61. The zero-order chi connectivity index (χ0) is 41.1. The van der Waals surface area contributed by atoms with E-state index in [1.54, 1.807) is 6.08 Å². The van der Waals surface area contributed by atoms with Crippen LogP contribution in [0, 0.1) is 0 Å². The van der Waals surface area contributed by atoms with E-state index in [0.717, 1.165) is 44.9 Å². The summed E-state index contributed by atoms with van der Waals surface area (Å²) in [6, 6.07) is -0.974. The summed E-state index contributed by atoms with van der Waals surface area (Å²) in [5, 5.41) is 64.6. The Morgan fingerprint density at radius 1 is 0.607 bits per heavy atom. The highest BCUT2D eigenvalue weighted by Crippen LogP contribution is 2.23. The van der Waals surface area contributed by atoms with Gasteiger partial charge in [-0.3, -0.25) is 4.79 Å². The fourth-order valence-corrected chi connectivity index (χ4v) is 7.57. The predicted molar refractivity (Wildman–Crippen MR) is 227 cm³/mol. The van der Waals surface area contributed by atoms with Crippen LogP contribution >= 0.6 is 0 Å². The quantitative estimate of drug-likeness (QED) is 0.0238. The summed E-state index contributed by atoms with van der Waals surface area (Å²) in [5.74, 6) is -0.614. The minimum Gasteiger partial charge on any atom is -0.394 e. The Morgan fingerprint density at radius 3 is 1.45 bits per heavy atom. The maximum absolute atomic E-state index is 13.0. The van der Waals surface area contributed by atoms with Gasteiger partial charge in [0.25, 0.3) is 0 Å². The van der Waals surface area contributed by atoms with E-state index in [1.165, 1.54) is 148 Å². The van der Waals surface area contributed by atoms with Crippen LogP contribution in [0.1, 0.15) is 213 Å². The zero-order valence-electron chi connectivity index (χ0n) is 36.0. The van der Waals surface area contributed by atoms with E-state index in [9.17, 15) is 35.4 Å². The second-order valence-corrected chi connectivity index (χ2v) is 16.7. The van der Waals surface area contributed by atoms with Gasteiger partial charge in [0.2, 0.25) is 5.91 Å². The Morgan fingerprint density at radius 2 is 1.02 bits per heavy atom. The van der Waals surface area contributed by atoms with Crippen LogP contribution in [0.3, 0.4) is 0 Å². The van der Waals surface area contributed by atoms with Crippen molar-refractivity contribution >= 4 is 5.91 Å². The Balaban J connectivity index is 2.36. The maximum Gasteiger partial charge on any atom is 0.249 e. The second kappa shape index (κ2) is 36.9. The molecule has 1 fully saturated rings. The average Bonchev–Trinajstić information content (AvgIpc) is 3.20. The van der Waals surface area contributed by atoms with Gasteiger partial charge in [-0.05, 0) is 19.3 Å². The van der Waals surface area contributed by atoms with Gasteiger partial charge in [0.1, 0.15) is 30.5 Å². The number of aliphatic hydroxyl groups excluding tert-OH is 6. The molecule has 332 valence electrons. The molecule has 8 unspecified atom stereocenters. The van der Waals surface area contributed by atoms with Crippen LogP contribution in [-0.2, 0) is 14.3 Å². The molecule has 1 amide bonds. The number of rotatable bonds is 39. The summed E-state index contributed by atoms with van der Waals surface area (Å²) >= 11 is 0. The largest absolute Gasteiger partial charge is 0.394 e. The lowest BCUT2D eigenvalue weighted by atomic mass is 9.99. The van der Waals surface area contributed by atoms with Crippen molar-refractivity contribution < 1.29 is 44.9 Å². The third kappa shape index (κ3) is 26.8. The molecule has 0 aliphatic carbocycles. The van der Waals surface area contributed by atoms with Crippen molar-refractivity contribution in [2.75, 3.05) is 13.2 Å². The fraction of sp³-hybridized carbons (Fsp3) is 0.935. The molecule has 1 aliphatic rings. The third-order valence-corrected chi connectivity index (χ3v) is 11.5. The normalized spacial score (nSPS) is 21.8. The molecule has 1 heterocycles. The molecule has 0 saturated carbocycles. The van der Waals surface area contributed by atoms with Gasteiger partial charge in [0.15, 0.2) is 6.29 Å². The van der Waals surface area contributed by atoms with Crippen molar-refractivity contribution in [3.8, 4) is 0 Å². The zero-order valence-corrected chi connectivity index (χ0v) is 36.0. The van der Waals surface area contributed by atoms with Crippen LogP contribution in [0.25, 0.3) is 0 Å². The monoisotopic (exact) mass is 800 g/mol. The Hall–Kier alpha value is -1.11. The summed E-state index contributed by atoms with van der Waals surface area (Å²) in [6.07, 6.45) is 31.6. The SMILES string of the molecule is CCCCCCCCCCCC/C=C/C(O)C(COC1OC(CO)C(O)C(O)C1O)NC(=O)C(O)CCCCCCCCCCCCCCCCCCCCC. The number of ether oxygens (including phenoxy) is 2. The number of aliphatic hydroxyl groups is 6. The van der Waals surface area contributed by atoms with Crippen molar-refractivity contribution in [2.45, 2.75) is 262 Å². The van der Waals surface area contributed by atoms with E-state index < -0.39 is 61.5 Å². The number of carbonyl (C=O) groups is 1. The lowest BCUT2D eigenvalue weighted by molar-refractivity contribution is -0.302. The lowest BCUT2D eigenvalue weighted by Gasteiger charge is -2.40. The summed E-state index contributed by atoms with van der Waals surface area (Å²) < 4.78 is 11.1. The second-order valence-electron chi connectivity index (χ2n) is 16.7. The van der Waals surface area contributed by atoms with Crippen LogP contribution in [0.2, 0.25) is 0 Å². The Bertz CT molecular complexity index is 906. The summed E-state index contributed by atoms with van der Waals surface area (Å²) in [4.78, 5) is 13.0. The molecule has 0 bridgehead atoms. The van der Waals surface area contributed by atoms with Gasteiger partial charge in [-0.15, -0.1) is 0 Å². The first kappa shape index (κ1) is 52.9.